The Morgan fingerprint density at radius 2 is 2.06 bits per heavy atom. The van der Waals surface area contributed by atoms with Crippen LogP contribution in [-0.2, 0) is 4.79 Å². The topological polar surface area (TPSA) is 38.1 Å². The molecule has 0 aliphatic carbocycles. The van der Waals surface area contributed by atoms with Gasteiger partial charge in [0.1, 0.15) is 6.04 Å². The zero-order chi connectivity index (χ0) is 13.3. The third-order valence-corrected chi connectivity index (χ3v) is 3.91. The molecule has 1 aromatic rings. The lowest BCUT2D eigenvalue weighted by atomic mass is 9.91. The number of hydrogen-bond donors (Lipinski definition) is 0. The molecule has 18 heavy (non-hydrogen) atoms. The molecule has 3 atom stereocenters. The summed E-state index contributed by atoms with van der Waals surface area (Å²) in [5, 5.41) is 4.19. The van der Waals surface area contributed by atoms with Crippen LogP contribution in [0.1, 0.15) is 33.2 Å². The Morgan fingerprint density at radius 3 is 2.56 bits per heavy atom. The first-order valence-corrected chi connectivity index (χ1v) is 7.25. The normalized spacial score (nSPS) is 26.1. The van der Waals surface area contributed by atoms with Crippen molar-refractivity contribution in [3.8, 4) is 0 Å². The fourth-order valence-corrected chi connectivity index (χ4v) is 3.05. The summed E-state index contributed by atoms with van der Waals surface area (Å²) in [7, 11) is 0. The summed E-state index contributed by atoms with van der Waals surface area (Å²) >= 11 is 3.36. The molecule has 0 N–H and O–H groups in total. The average Bonchev–Trinajstić information content (AvgIpc) is 2.72. The van der Waals surface area contributed by atoms with Gasteiger partial charge in [-0.3, -0.25) is 9.48 Å². The molecule has 1 aliphatic rings. The van der Waals surface area contributed by atoms with Crippen molar-refractivity contribution < 1.29 is 4.79 Å². The Bertz CT molecular complexity index is 422. The van der Waals surface area contributed by atoms with Gasteiger partial charge in [-0.15, -0.1) is 0 Å². The number of likely N-dealkylation sites (tertiary alicyclic amines) is 1. The van der Waals surface area contributed by atoms with Gasteiger partial charge in [-0.1, -0.05) is 13.8 Å². The van der Waals surface area contributed by atoms with E-state index in [1.807, 2.05) is 18.0 Å². The highest BCUT2D eigenvalue weighted by atomic mass is 79.9. The maximum absolute atomic E-state index is 12.4. The van der Waals surface area contributed by atoms with Crippen LogP contribution in [0, 0.1) is 11.8 Å². The zero-order valence-electron chi connectivity index (χ0n) is 11.1. The van der Waals surface area contributed by atoms with E-state index >= 15 is 0 Å². The van der Waals surface area contributed by atoms with Crippen molar-refractivity contribution in [1.82, 2.24) is 14.7 Å². The lowest BCUT2D eigenvalue weighted by Crippen LogP contribution is -2.45. The number of carbonyl (C=O) groups is 1. The number of carbonyl (C=O) groups excluding carboxylic acids is 1. The largest absolute Gasteiger partial charge is 0.340 e. The van der Waals surface area contributed by atoms with Gasteiger partial charge in [0.2, 0.25) is 5.91 Å². The fraction of sp³-hybridized carbons (Fsp3) is 0.692. The van der Waals surface area contributed by atoms with Gasteiger partial charge < -0.3 is 4.90 Å². The fourth-order valence-electron chi connectivity index (χ4n) is 2.75. The van der Waals surface area contributed by atoms with Crippen LogP contribution in [-0.4, -0.2) is 33.7 Å². The number of hydrogen-bond acceptors (Lipinski definition) is 2. The van der Waals surface area contributed by atoms with Crippen LogP contribution >= 0.6 is 15.9 Å². The highest BCUT2D eigenvalue weighted by Gasteiger charge is 2.29. The minimum Gasteiger partial charge on any atom is -0.340 e. The first-order valence-electron chi connectivity index (χ1n) is 6.45. The summed E-state index contributed by atoms with van der Waals surface area (Å²) in [6.45, 7) is 8.08. The molecule has 0 spiro atoms. The molecule has 2 rings (SSSR count). The summed E-state index contributed by atoms with van der Waals surface area (Å²) in [5.74, 6) is 1.35. The van der Waals surface area contributed by atoms with E-state index in [0.717, 1.165) is 17.6 Å². The van der Waals surface area contributed by atoms with E-state index < -0.39 is 0 Å². The van der Waals surface area contributed by atoms with Crippen LogP contribution in [0.2, 0.25) is 0 Å². The van der Waals surface area contributed by atoms with Crippen molar-refractivity contribution in [2.24, 2.45) is 11.8 Å². The minimum atomic E-state index is -0.228. The van der Waals surface area contributed by atoms with Crippen molar-refractivity contribution >= 4 is 21.8 Å². The standard InChI is InChI=1S/C13H20BrN3O/c1-9-4-10(2)7-16(6-9)13(18)11(3)17-8-12(14)5-15-17/h5,8-11H,4,6-7H2,1-3H3/t9-,10-,11-/m1/s1. The number of amides is 1. The number of rotatable bonds is 2. The number of piperidine rings is 1. The predicted molar refractivity (Wildman–Crippen MR) is 74.2 cm³/mol. The summed E-state index contributed by atoms with van der Waals surface area (Å²) in [4.78, 5) is 14.4. The van der Waals surface area contributed by atoms with Gasteiger partial charge in [-0.05, 0) is 41.1 Å². The second-order valence-electron chi connectivity index (χ2n) is 5.50. The van der Waals surface area contributed by atoms with Crippen molar-refractivity contribution in [1.29, 1.82) is 0 Å². The smallest absolute Gasteiger partial charge is 0.247 e. The molecule has 0 saturated carbocycles. The summed E-state index contributed by atoms with van der Waals surface area (Å²) in [6.07, 6.45) is 4.77. The molecule has 1 amide bonds. The van der Waals surface area contributed by atoms with E-state index in [2.05, 4.69) is 34.9 Å². The molecular formula is C13H20BrN3O. The second-order valence-corrected chi connectivity index (χ2v) is 6.42. The molecule has 1 fully saturated rings. The molecule has 0 radical (unpaired) electrons. The van der Waals surface area contributed by atoms with Crippen molar-refractivity contribution in [3.63, 3.8) is 0 Å². The van der Waals surface area contributed by atoms with E-state index in [9.17, 15) is 4.79 Å². The lowest BCUT2D eigenvalue weighted by molar-refractivity contribution is -0.137. The zero-order valence-corrected chi connectivity index (χ0v) is 12.7. The average molecular weight is 314 g/mol. The Hall–Kier alpha value is -0.840. The predicted octanol–water partition coefficient (Wildman–Crippen LogP) is 2.71. The quantitative estimate of drug-likeness (QED) is 0.842. The van der Waals surface area contributed by atoms with E-state index in [-0.39, 0.29) is 11.9 Å². The van der Waals surface area contributed by atoms with Crippen molar-refractivity contribution in [2.75, 3.05) is 13.1 Å². The number of halogens is 1. The monoisotopic (exact) mass is 313 g/mol. The summed E-state index contributed by atoms with van der Waals surface area (Å²) < 4.78 is 2.62. The van der Waals surface area contributed by atoms with Gasteiger partial charge >= 0.3 is 0 Å². The third-order valence-electron chi connectivity index (χ3n) is 3.50. The second kappa shape index (κ2) is 5.43. The van der Waals surface area contributed by atoms with Crippen molar-refractivity contribution in [2.45, 2.75) is 33.2 Å². The molecule has 1 aliphatic heterocycles. The molecule has 100 valence electrons. The Labute approximate surface area is 116 Å². The van der Waals surface area contributed by atoms with Crippen LogP contribution in [0.3, 0.4) is 0 Å². The molecule has 0 unspecified atom stereocenters. The molecule has 4 nitrogen and oxygen atoms in total. The van der Waals surface area contributed by atoms with Crippen LogP contribution in [0.4, 0.5) is 0 Å². The van der Waals surface area contributed by atoms with Gasteiger partial charge in [-0.25, -0.2) is 0 Å². The van der Waals surface area contributed by atoms with Crippen LogP contribution in [0.5, 0.6) is 0 Å². The van der Waals surface area contributed by atoms with Gasteiger partial charge in [0, 0.05) is 19.3 Å². The maximum atomic E-state index is 12.4. The molecule has 0 aromatic carbocycles. The molecule has 2 heterocycles. The molecule has 1 saturated heterocycles. The van der Waals surface area contributed by atoms with Gasteiger partial charge in [0.05, 0.1) is 10.7 Å². The lowest BCUT2D eigenvalue weighted by Gasteiger charge is -2.36. The van der Waals surface area contributed by atoms with E-state index in [1.165, 1.54) is 6.42 Å². The van der Waals surface area contributed by atoms with Gasteiger partial charge in [-0.2, -0.15) is 5.10 Å². The van der Waals surface area contributed by atoms with Crippen molar-refractivity contribution in [3.05, 3.63) is 16.9 Å². The molecule has 5 heteroatoms. The van der Waals surface area contributed by atoms with Crippen LogP contribution < -0.4 is 0 Å². The number of nitrogens with zero attached hydrogens (tertiary/aromatic N) is 3. The first-order chi connectivity index (χ1) is 8.47. The Morgan fingerprint density at radius 1 is 1.44 bits per heavy atom. The Balaban J connectivity index is 2.06. The van der Waals surface area contributed by atoms with Crippen LogP contribution in [0.25, 0.3) is 0 Å². The van der Waals surface area contributed by atoms with E-state index in [4.69, 9.17) is 0 Å². The van der Waals surface area contributed by atoms with Gasteiger partial charge in [0.25, 0.3) is 0 Å². The minimum absolute atomic E-state index is 0.170. The van der Waals surface area contributed by atoms with E-state index in [0.29, 0.717) is 11.8 Å². The molecular weight excluding hydrogens is 294 g/mol. The van der Waals surface area contributed by atoms with Crippen LogP contribution in [0.15, 0.2) is 16.9 Å². The number of aromatic nitrogens is 2. The maximum Gasteiger partial charge on any atom is 0.247 e. The highest BCUT2D eigenvalue weighted by molar-refractivity contribution is 9.10. The highest BCUT2D eigenvalue weighted by Crippen LogP contribution is 2.23. The van der Waals surface area contributed by atoms with Gasteiger partial charge in [0.15, 0.2) is 0 Å². The molecule has 0 bridgehead atoms. The SMILES string of the molecule is C[C@@H]1C[C@@H](C)CN(C(=O)[C@@H](C)n2cc(Br)cn2)C1. The molecule has 1 aromatic heterocycles. The Kier molecular flexibility index (Phi) is 4.10. The first kappa shape index (κ1) is 13.6. The third kappa shape index (κ3) is 2.94. The van der Waals surface area contributed by atoms with E-state index in [1.54, 1.807) is 10.9 Å². The summed E-state index contributed by atoms with van der Waals surface area (Å²) in [5.41, 5.74) is 0. The summed E-state index contributed by atoms with van der Waals surface area (Å²) in [6, 6.07) is -0.228.